The van der Waals surface area contributed by atoms with E-state index in [9.17, 15) is 0 Å². The molecule has 0 atom stereocenters. The van der Waals surface area contributed by atoms with Gasteiger partial charge in [-0.05, 0) is 12.5 Å². The van der Waals surface area contributed by atoms with Crippen LogP contribution in [0.3, 0.4) is 0 Å². The van der Waals surface area contributed by atoms with Crippen LogP contribution in [0.15, 0.2) is 24.7 Å². The smallest absolute Gasteiger partial charge is 0.180 e. The molecule has 0 radical (unpaired) electrons. The lowest BCUT2D eigenvalue weighted by Gasteiger charge is -2.05. The minimum atomic E-state index is 0.631. The average Bonchev–Trinajstić information content (AvgIpc) is 2.39. The van der Waals surface area contributed by atoms with E-state index in [1.54, 1.807) is 12.3 Å². The maximum Gasteiger partial charge on any atom is 0.180 e. The molecule has 0 saturated heterocycles. The van der Waals surface area contributed by atoms with Crippen LogP contribution in [0.2, 0.25) is 0 Å². The zero-order valence-corrected chi connectivity index (χ0v) is 9.31. The molecule has 0 unspecified atom stereocenters. The van der Waals surface area contributed by atoms with Crippen LogP contribution in [0.1, 0.15) is 12.6 Å². The van der Waals surface area contributed by atoms with Gasteiger partial charge in [0, 0.05) is 25.0 Å². The molecule has 16 heavy (non-hydrogen) atoms. The highest BCUT2D eigenvalue weighted by Crippen LogP contribution is 2.14. The van der Waals surface area contributed by atoms with E-state index in [2.05, 4.69) is 32.2 Å². The van der Waals surface area contributed by atoms with Crippen molar-refractivity contribution in [3.8, 4) is 11.5 Å². The maximum absolute atomic E-state index is 4.43. The highest BCUT2D eigenvalue weighted by atomic mass is 15.0. The molecular formula is C11H13N5. The quantitative estimate of drug-likeness (QED) is 0.841. The molecule has 0 aliphatic carbocycles. The molecular weight excluding hydrogens is 202 g/mol. The van der Waals surface area contributed by atoms with Gasteiger partial charge in [0.05, 0.1) is 0 Å². The molecule has 5 heteroatoms. The van der Waals surface area contributed by atoms with Crippen LogP contribution in [0.4, 0.5) is 5.82 Å². The van der Waals surface area contributed by atoms with E-state index in [0.717, 1.165) is 23.6 Å². The Hall–Kier alpha value is -2.04. The van der Waals surface area contributed by atoms with Crippen molar-refractivity contribution in [3.63, 3.8) is 0 Å². The second-order valence-corrected chi connectivity index (χ2v) is 3.27. The van der Waals surface area contributed by atoms with Crippen LogP contribution >= 0.6 is 0 Å². The predicted molar refractivity (Wildman–Crippen MR) is 62.0 cm³/mol. The van der Waals surface area contributed by atoms with Crippen molar-refractivity contribution in [2.45, 2.75) is 13.3 Å². The van der Waals surface area contributed by atoms with Gasteiger partial charge in [-0.25, -0.2) is 19.9 Å². The van der Waals surface area contributed by atoms with Gasteiger partial charge in [-0.1, -0.05) is 6.92 Å². The largest absolute Gasteiger partial charge is 0.373 e. The van der Waals surface area contributed by atoms with Gasteiger partial charge < -0.3 is 5.32 Å². The Kier molecular flexibility index (Phi) is 3.05. The number of hydrogen-bond acceptors (Lipinski definition) is 5. The molecule has 0 saturated carbocycles. The fraction of sp³-hybridized carbons (Fsp3) is 0.273. The van der Waals surface area contributed by atoms with E-state index in [0.29, 0.717) is 5.82 Å². The van der Waals surface area contributed by atoms with Crippen molar-refractivity contribution in [1.29, 1.82) is 0 Å². The first-order valence-electron chi connectivity index (χ1n) is 5.15. The van der Waals surface area contributed by atoms with E-state index < -0.39 is 0 Å². The Bertz CT molecular complexity index is 447. The van der Waals surface area contributed by atoms with Gasteiger partial charge in [0.25, 0.3) is 0 Å². The Balaban J connectivity index is 2.48. The third-order valence-corrected chi connectivity index (χ3v) is 2.21. The number of nitrogens with one attached hydrogen (secondary N) is 1. The molecule has 0 aliphatic rings. The minimum Gasteiger partial charge on any atom is -0.373 e. The fourth-order valence-corrected chi connectivity index (χ4v) is 1.34. The van der Waals surface area contributed by atoms with Gasteiger partial charge in [-0.3, -0.25) is 0 Å². The third kappa shape index (κ3) is 2.13. The van der Waals surface area contributed by atoms with Crippen LogP contribution in [0.25, 0.3) is 11.5 Å². The summed E-state index contributed by atoms with van der Waals surface area (Å²) in [4.78, 5) is 16.8. The highest BCUT2D eigenvalue weighted by molar-refractivity contribution is 5.52. The summed E-state index contributed by atoms with van der Waals surface area (Å²) in [5.41, 5.74) is 1.73. The van der Waals surface area contributed by atoms with Crippen LogP contribution in [0, 0.1) is 0 Å². The summed E-state index contributed by atoms with van der Waals surface area (Å²) in [6.45, 7) is 2.06. The van der Waals surface area contributed by atoms with Gasteiger partial charge in [-0.2, -0.15) is 0 Å². The van der Waals surface area contributed by atoms with E-state index in [4.69, 9.17) is 0 Å². The molecule has 0 aromatic carbocycles. The summed E-state index contributed by atoms with van der Waals surface area (Å²) >= 11 is 0. The molecule has 2 aromatic heterocycles. The lowest BCUT2D eigenvalue weighted by molar-refractivity contribution is 0.994. The standard InChI is InChI=1S/C11H13N5/c1-3-8-6-10(12-2)16-11(15-8)9-4-5-13-7-14-9/h4-7H,3H2,1-2H3,(H,12,15,16). The summed E-state index contributed by atoms with van der Waals surface area (Å²) in [5.74, 6) is 1.44. The highest BCUT2D eigenvalue weighted by Gasteiger charge is 2.05. The Labute approximate surface area is 94.0 Å². The molecule has 82 valence electrons. The molecule has 1 N–H and O–H groups in total. The maximum atomic E-state index is 4.43. The van der Waals surface area contributed by atoms with Crippen molar-refractivity contribution in [1.82, 2.24) is 19.9 Å². The number of nitrogens with zero attached hydrogens (tertiary/aromatic N) is 4. The zero-order chi connectivity index (χ0) is 11.4. The lowest BCUT2D eigenvalue weighted by atomic mass is 10.3. The number of aromatic nitrogens is 4. The first kappa shape index (κ1) is 10.5. The number of aryl methyl sites for hydroxylation is 1. The number of rotatable bonds is 3. The number of anilines is 1. The van der Waals surface area contributed by atoms with E-state index in [-0.39, 0.29) is 0 Å². The predicted octanol–water partition coefficient (Wildman–Crippen LogP) is 1.54. The molecule has 5 nitrogen and oxygen atoms in total. The molecule has 0 aliphatic heterocycles. The number of hydrogen-bond donors (Lipinski definition) is 1. The molecule has 2 rings (SSSR count). The van der Waals surface area contributed by atoms with Crippen molar-refractivity contribution < 1.29 is 0 Å². The lowest BCUT2D eigenvalue weighted by Crippen LogP contribution is -2.01. The van der Waals surface area contributed by atoms with Gasteiger partial charge in [0.2, 0.25) is 0 Å². The Morgan fingerprint density at radius 2 is 2.19 bits per heavy atom. The second kappa shape index (κ2) is 4.65. The Morgan fingerprint density at radius 1 is 1.31 bits per heavy atom. The van der Waals surface area contributed by atoms with Crippen molar-refractivity contribution in [2.24, 2.45) is 0 Å². The normalized spacial score (nSPS) is 10.1. The third-order valence-electron chi connectivity index (χ3n) is 2.21. The summed E-state index contributed by atoms with van der Waals surface area (Å²) in [6.07, 6.45) is 4.05. The van der Waals surface area contributed by atoms with Crippen LogP contribution in [-0.4, -0.2) is 27.0 Å². The Morgan fingerprint density at radius 3 is 2.81 bits per heavy atom. The van der Waals surface area contributed by atoms with E-state index >= 15 is 0 Å². The summed E-state index contributed by atoms with van der Waals surface area (Å²) in [5, 5.41) is 3.02. The molecule has 0 amide bonds. The van der Waals surface area contributed by atoms with E-state index in [1.165, 1.54) is 6.33 Å². The van der Waals surface area contributed by atoms with Gasteiger partial charge in [0.15, 0.2) is 5.82 Å². The van der Waals surface area contributed by atoms with Gasteiger partial charge >= 0.3 is 0 Å². The van der Waals surface area contributed by atoms with Crippen molar-refractivity contribution in [2.75, 3.05) is 12.4 Å². The SMILES string of the molecule is CCc1cc(NC)nc(-c2ccncn2)n1. The summed E-state index contributed by atoms with van der Waals surface area (Å²) in [6, 6.07) is 3.74. The van der Waals surface area contributed by atoms with Crippen molar-refractivity contribution >= 4 is 5.82 Å². The monoisotopic (exact) mass is 215 g/mol. The summed E-state index contributed by atoms with van der Waals surface area (Å²) < 4.78 is 0. The minimum absolute atomic E-state index is 0.631. The van der Waals surface area contributed by atoms with Crippen LogP contribution < -0.4 is 5.32 Å². The first-order chi connectivity index (χ1) is 7.83. The average molecular weight is 215 g/mol. The van der Waals surface area contributed by atoms with Gasteiger partial charge in [0.1, 0.15) is 17.8 Å². The van der Waals surface area contributed by atoms with Crippen LogP contribution in [0.5, 0.6) is 0 Å². The molecule has 2 aromatic rings. The summed E-state index contributed by atoms with van der Waals surface area (Å²) in [7, 11) is 1.84. The fourth-order valence-electron chi connectivity index (χ4n) is 1.34. The topological polar surface area (TPSA) is 63.6 Å². The van der Waals surface area contributed by atoms with E-state index in [1.807, 2.05) is 13.1 Å². The molecule has 0 bridgehead atoms. The van der Waals surface area contributed by atoms with Gasteiger partial charge in [-0.15, -0.1) is 0 Å². The molecule has 0 spiro atoms. The van der Waals surface area contributed by atoms with Crippen LogP contribution in [-0.2, 0) is 6.42 Å². The molecule has 2 heterocycles. The second-order valence-electron chi connectivity index (χ2n) is 3.27. The first-order valence-corrected chi connectivity index (χ1v) is 5.15. The zero-order valence-electron chi connectivity index (χ0n) is 9.31. The van der Waals surface area contributed by atoms with Crippen molar-refractivity contribution in [3.05, 3.63) is 30.4 Å². The molecule has 0 fully saturated rings.